The van der Waals surface area contributed by atoms with Crippen molar-refractivity contribution in [2.75, 3.05) is 10.6 Å². The lowest BCUT2D eigenvalue weighted by Crippen LogP contribution is -2.11. The molecule has 0 spiro atoms. The average Bonchev–Trinajstić information content (AvgIpc) is 3.19. The van der Waals surface area contributed by atoms with Gasteiger partial charge in [-0.25, -0.2) is 4.98 Å². The smallest absolute Gasteiger partial charge is 0.255 e. The molecule has 0 aliphatic carbocycles. The van der Waals surface area contributed by atoms with E-state index < -0.39 is 0 Å². The van der Waals surface area contributed by atoms with Crippen molar-refractivity contribution in [3.63, 3.8) is 0 Å². The van der Waals surface area contributed by atoms with Crippen molar-refractivity contribution in [3.05, 3.63) is 89.0 Å². The molecular weight excluding hydrogens is 392 g/mol. The van der Waals surface area contributed by atoms with Gasteiger partial charge < -0.3 is 10.6 Å². The zero-order chi connectivity index (χ0) is 19.3. The molecule has 5 nitrogen and oxygen atoms in total. The van der Waals surface area contributed by atoms with Crippen LogP contribution in [0.5, 0.6) is 0 Å². The summed E-state index contributed by atoms with van der Waals surface area (Å²) < 4.78 is 0. The highest BCUT2D eigenvalue weighted by Gasteiger charge is 2.07. The Morgan fingerprint density at radius 3 is 2.46 bits per heavy atom. The Hall–Kier alpha value is -3.22. The van der Waals surface area contributed by atoms with Gasteiger partial charge in [-0.2, -0.15) is 0 Å². The molecule has 4 aromatic rings. The zero-order valence-corrected chi connectivity index (χ0v) is 16.2. The van der Waals surface area contributed by atoms with Crippen LogP contribution in [0.1, 0.15) is 10.4 Å². The maximum atomic E-state index is 12.3. The Morgan fingerprint density at radius 2 is 1.71 bits per heavy atom. The molecule has 1 amide bonds. The summed E-state index contributed by atoms with van der Waals surface area (Å²) in [6, 6.07) is 18.1. The van der Waals surface area contributed by atoms with E-state index in [9.17, 15) is 4.79 Å². The van der Waals surface area contributed by atoms with Gasteiger partial charge in [-0.1, -0.05) is 17.7 Å². The number of nitrogens with one attached hydrogen (secondary N) is 2. The highest BCUT2D eigenvalue weighted by Crippen LogP contribution is 2.27. The molecule has 0 atom stereocenters. The number of nitrogens with zero attached hydrogens (tertiary/aromatic N) is 2. The number of benzene rings is 2. The van der Waals surface area contributed by atoms with Crippen molar-refractivity contribution in [2.24, 2.45) is 0 Å². The topological polar surface area (TPSA) is 66.9 Å². The predicted octanol–water partition coefficient (Wildman–Crippen LogP) is 5.85. The summed E-state index contributed by atoms with van der Waals surface area (Å²) in [5, 5.41) is 9.45. The standard InChI is InChI=1S/C21H15ClN4OS/c22-16-3-1-2-15(12-16)20(27)24-17-4-6-18(7-5-17)25-21-26-19(13-28-21)14-8-10-23-11-9-14/h1-13H,(H,24,27)(H,25,26). The third kappa shape index (κ3) is 4.36. The van der Waals surface area contributed by atoms with Crippen molar-refractivity contribution >= 4 is 45.4 Å². The maximum Gasteiger partial charge on any atom is 0.255 e. The van der Waals surface area contributed by atoms with Crippen LogP contribution < -0.4 is 10.6 Å². The average molecular weight is 407 g/mol. The molecule has 0 aliphatic heterocycles. The van der Waals surface area contributed by atoms with Gasteiger partial charge in [0.2, 0.25) is 0 Å². The van der Waals surface area contributed by atoms with Gasteiger partial charge in [0.15, 0.2) is 5.13 Å². The quantitative estimate of drug-likeness (QED) is 0.436. The summed E-state index contributed by atoms with van der Waals surface area (Å²) in [4.78, 5) is 20.9. The van der Waals surface area contributed by atoms with Crippen LogP contribution in [0, 0.1) is 0 Å². The second-order valence-corrected chi connectivity index (χ2v) is 7.24. The number of thiazole rings is 1. The van der Waals surface area contributed by atoms with Gasteiger partial charge in [-0.15, -0.1) is 11.3 Å². The normalized spacial score (nSPS) is 10.5. The van der Waals surface area contributed by atoms with Crippen LogP contribution >= 0.6 is 22.9 Å². The van der Waals surface area contributed by atoms with Gasteiger partial charge in [0.1, 0.15) is 0 Å². The molecule has 0 unspecified atom stereocenters. The minimum Gasteiger partial charge on any atom is -0.332 e. The molecule has 138 valence electrons. The molecule has 4 rings (SSSR count). The predicted molar refractivity (Wildman–Crippen MR) is 114 cm³/mol. The zero-order valence-electron chi connectivity index (χ0n) is 14.6. The lowest BCUT2D eigenvalue weighted by atomic mass is 10.2. The minimum absolute atomic E-state index is 0.204. The third-order valence-electron chi connectivity index (χ3n) is 3.96. The number of carbonyl (C=O) groups excluding carboxylic acids is 1. The number of anilines is 3. The van der Waals surface area contributed by atoms with Crippen LogP contribution in [0.4, 0.5) is 16.5 Å². The highest BCUT2D eigenvalue weighted by atomic mass is 35.5. The van der Waals surface area contributed by atoms with Crippen LogP contribution in [0.15, 0.2) is 78.4 Å². The van der Waals surface area contributed by atoms with Gasteiger partial charge in [0, 0.05) is 45.3 Å². The van der Waals surface area contributed by atoms with E-state index in [1.807, 2.05) is 41.8 Å². The summed E-state index contributed by atoms with van der Waals surface area (Å²) >= 11 is 7.46. The van der Waals surface area contributed by atoms with Gasteiger partial charge >= 0.3 is 0 Å². The minimum atomic E-state index is -0.204. The molecule has 0 fully saturated rings. The molecule has 28 heavy (non-hydrogen) atoms. The van der Waals surface area contributed by atoms with Crippen LogP contribution in [0.25, 0.3) is 11.3 Å². The Bertz CT molecular complexity index is 1100. The summed E-state index contributed by atoms with van der Waals surface area (Å²) in [5.41, 5.74) is 4.03. The van der Waals surface area contributed by atoms with Crippen molar-refractivity contribution in [3.8, 4) is 11.3 Å². The second kappa shape index (κ2) is 8.21. The van der Waals surface area contributed by atoms with E-state index in [-0.39, 0.29) is 5.91 Å². The lowest BCUT2D eigenvalue weighted by molar-refractivity contribution is 0.102. The number of pyridine rings is 1. The lowest BCUT2D eigenvalue weighted by Gasteiger charge is -2.07. The molecule has 0 saturated carbocycles. The number of hydrogen-bond acceptors (Lipinski definition) is 5. The fourth-order valence-electron chi connectivity index (χ4n) is 2.58. The number of amides is 1. The van der Waals surface area contributed by atoms with E-state index in [1.165, 1.54) is 11.3 Å². The Balaban J connectivity index is 1.41. The van der Waals surface area contributed by atoms with E-state index in [0.717, 1.165) is 22.1 Å². The first-order valence-electron chi connectivity index (χ1n) is 8.47. The highest BCUT2D eigenvalue weighted by molar-refractivity contribution is 7.14. The fraction of sp³-hybridized carbons (Fsp3) is 0. The Morgan fingerprint density at radius 1 is 0.964 bits per heavy atom. The van der Waals surface area contributed by atoms with Gasteiger partial charge in [-0.05, 0) is 54.6 Å². The molecule has 7 heteroatoms. The van der Waals surface area contributed by atoms with E-state index in [2.05, 4.69) is 20.6 Å². The first-order valence-corrected chi connectivity index (χ1v) is 9.73. The maximum absolute atomic E-state index is 12.3. The first kappa shape index (κ1) is 18.2. The van der Waals surface area contributed by atoms with Crippen LogP contribution in [-0.2, 0) is 0 Å². The van der Waals surface area contributed by atoms with Gasteiger partial charge in [0.05, 0.1) is 5.69 Å². The van der Waals surface area contributed by atoms with Crippen molar-refractivity contribution in [1.82, 2.24) is 9.97 Å². The SMILES string of the molecule is O=C(Nc1ccc(Nc2nc(-c3ccncc3)cs2)cc1)c1cccc(Cl)c1. The molecule has 2 aromatic heterocycles. The molecule has 0 radical (unpaired) electrons. The van der Waals surface area contributed by atoms with E-state index in [0.29, 0.717) is 16.3 Å². The summed E-state index contributed by atoms with van der Waals surface area (Å²) in [6.07, 6.45) is 3.50. The summed E-state index contributed by atoms with van der Waals surface area (Å²) in [6.45, 7) is 0. The number of aromatic nitrogens is 2. The number of hydrogen-bond donors (Lipinski definition) is 2. The van der Waals surface area contributed by atoms with Crippen LogP contribution in [-0.4, -0.2) is 15.9 Å². The van der Waals surface area contributed by atoms with Crippen LogP contribution in [0.2, 0.25) is 5.02 Å². The van der Waals surface area contributed by atoms with Crippen molar-refractivity contribution in [2.45, 2.75) is 0 Å². The Labute approximate surface area is 171 Å². The van der Waals surface area contributed by atoms with Gasteiger partial charge in [-0.3, -0.25) is 9.78 Å². The first-order chi connectivity index (χ1) is 13.7. The molecule has 2 aromatic carbocycles. The van der Waals surface area contributed by atoms with Crippen molar-refractivity contribution < 1.29 is 4.79 Å². The van der Waals surface area contributed by atoms with E-state index in [4.69, 9.17) is 11.6 Å². The number of carbonyl (C=O) groups is 1. The van der Waals surface area contributed by atoms with E-state index in [1.54, 1.807) is 36.7 Å². The van der Waals surface area contributed by atoms with E-state index >= 15 is 0 Å². The summed E-state index contributed by atoms with van der Waals surface area (Å²) in [5.74, 6) is -0.204. The molecule has 2 N–H and O–H groups in total. The molecule has 2 heterocycles. The number of rotatable bonds is 5. The van der Waals surface area contributed by atoms with Crippen LogP contribution in [0.3, 0.4) is 0 Å². The third-order valence-corrected chi connectivity index (χ3v) is 4.95. The molecule has 0 bridgehead atoms. The fourth-order valence-corrected chi connectivity index (χ4v) is 3.51. The molecule has 0 aliphatic rings. The second-order valence-electron chi connectivity index (χ2n) is 5.94. The molecular formula is C21H15ClN4OS. The van der Waals surface area contributed by atoms with Crippen molar-refractivity contribution in [1.29, 1.82) is 0 Å². The largest absolute Gasteiger partial charge is 0.332 e. The molecule has 0 saturated heterocycles. The summed E-state index contributed by atoms with van der Waals surface area (Å²) in [7, 11) is 0. The monoisotopic (exact) mass is 406 g/mol. The van der Waals surface area contributed by atoms with Gasteiger partial charge in [0.25, 0.3) is 5.91 Å². The number of halogens is 1. The Kier molecular flexibility index (Phi) is 5.32.